The molecule has 3 rings (SSSR count). The number of piperazine rings is 1. The van der Waals surface area contributed by atoms with Gasteiger partial charge in [0.25, 0.3) is 11.8 Å². The largest absolute Gasteiger partial charge is 0.335 e. The Morgan fingerprint density at radius 2 is 1.28 bits per heavy atom. The van der Waals surface area contributed by atoms with Gasteiger partial charge in [-0.15, -0.1) is 36.7 Å². The summed E-state index contributed by atoms with van der Waals surface area (Å²) in [6.07, 6.45) is 3.60. The van der Waals surface area contributed by atoms with Crippen molar-refractivity contribution < 1.29 is 9.59 Å². The molecule has 2 aromatic rings. The van der Waals surface area contributed by atoms with Crippen LogP contribution in [-0.2, 0) is 0 Å². The predicted octanol–water partition coefficient (Wildman–Crippen LogP) is 6.15. The van der Waals surface area contributed by atoms with Gasteiger partial charge < -0.3 is 9.80 Å². The molecule has 2 aromatic carbocycles. The fourth-order valence-corrected chi connectivity index (χ4v) is 5.33. The van der Waals surface area contributed by atoms with E-state index >= 15 is 0 Å². The number of nitrogens with zero attached hydrogens (tertiary/aromatic N) is 2. The van der Waals surface area contributed by atoms with Gasteiger partial charge >= 0.3 is 0 Å². The zero-order chi connectivity index (χ0) is 23.1. The van der Waals surface area contributed by atoms with E-state index in [-0.39, 0.29) is 11.8 Å². The Hall–Kier alpha value is -1.86. The number of thioether (sulfide) groups is 2. The van der Waals surface area contributed by atoms with Crippen LogP contribution in [0.1, 0.15) is 20.7 Å². The molecule has 0 aliphatic carbocycles. The summed E-state index contributed by atoms with van der Waals surface area (Å²) < 4.78 is 0. The molecule has 0 bridgehead atoms. The summed E-state index contributed by atoms with van der Waals surface area (Å²) in [7, 11) is 0. The third kappa shape index (κ3) is 6.13. The molecule has 1 aliphatic rings. The van der Waals surface area contributed by atoms with E-state index in [2.05, 4.69) is 13.2 Å². The topological polar surface area (TPSA) is 40.6 Å². The van der Waals surface area contributed by atoms with Crippen molar-refractivity contribution in [3.8, 4) is 0 Å². The molecule has 32 heavy (non-hydrogen) atoms. The molecule has 168 valence electrons. The highest BCUT2D eigenvalue weighted by molar-refractivity contribution is 7.99. The Kier molecular flexibility index (Phi) is 9.17. The van der Waals surface area contributed by atoms with Crippen LogP contribution in [-0.4, -0.2) is 59.3 Å². The van der Waals surface area contributed by atoms with Crippen molar-refractivity contribution in [3.63, 3.8) is 0 Å². The lowest BCUT2D eigenvalue weighted by atomic mass is 10.1. The van der Waals surface area contributed by atoms with Crippen LogP contribution < -0.4 is 0 Å². The first-order valence-corrected chi connectivity index (χ1v) is 12.8. The highest BCUT2D eigenvalue weighted by Crippen LogP contribution is 2.29. The Balaban J connectivity index is 1.70. The summed E-state index contributed by atoms with van der Waals surface area (Å²) in [5, 5.41) is 1.12. The first-order valence-electron chi connectivity index (χ1n) is 10.1. The maximum atomic E-state index is 13.2. The zero-order valence-electron chi connectivity index (χ0n) is 17.6. The third-order valence-corrected chi connectivity index (χ3v) is 7.50. The van der Waals surface area contributed by atoms with Crippen molar-refractivity contribution in [2.24, 2.45) is 0 Å². The van der Waals surface area contributed by atoms with Crippen molar-refractivity contribution in [1.29, 1.82) is 0 Å². The number of hydrogen-bond donors (Lipinski definition) is 0. The molecule has 4 nitrogen and oxygen atoms in total. The second-order valence-electron chi connectivity index (χ2n) is 7.06. The highest BCUT2D eigenvalue weighted by atomic mass is 35.5. The minimum atomic E-state index is -0.0696. The van der Waals surface area contributed by atoms with Crippen LogP contribution in [0.3, 0.4) is 0 Å². The van der Waals surface area contributed by atoms with E-state index in [1.165, 1.54) is 11.8 Å². The predicted molar refractivity (Wildman–Crippen MR) is 137 cm³/mol. The van der Waals surface area contributed by atoms with E-state index in [4.69, 9.17) is 23.2 Å². The molecule has 1 aliphatic heterocycles. The van der Waals surface area contributed by atoms with Gasteiger partial charge in [-0.25, -0.2) is 0 Å². The lowest BCUT2D eigenvalue weighted by Gasteiger charge is -2.35. The molecule has 2 amide bonds. The summed E-state index contributed by atoms with van der Waals surface area (Å²) in [6, 6.07) is 10.7. The number of rotatable bonds is 8. The van der Waals surface area contributed by atoms with Crippen LogP contribution in [0, 0.1) is 0 Å². The van der Waals surface area contributed by atoms with Crippen molar-refractivity contribution in [1.82, 2.24) is 9.80 Å². The number of carbonyl (C=O) groups is 2. The molecule has 1 fully saturated rings. The normalized spacial score (nSPS) is 13.7. The van der Waals surface area contributed by atoms with Gasteiger partial charge in [-0.1, -0.05) is 35.4 Å². The lowest BCUT2D eigenvalue weighted by Crippen LogP contribution is -2.50. The summed E-state index contributed by atoms with van der Waals surface area (Å²) in [5.41, 5.74) is 1.21. The second-order valence-corrected chi connectivity index (χ2v) is 10.1. The number of halogens is 2. The summed E-state index contributed by atoms with van der Waals surface area (Å²) in [6.45, 7) is 9.34. The van der Waals surface area contributed by atoms with E-state index in [0.717, 1.165) is 9.79 Å². The molecule has 0 unspecified atom stereocenters. The average Bonchev–Trinajstić information content (AvgIpc) is 2.81. The standard InChI is InChI=1S/C24H24Cl2N2O2S2/c1-3-13-31-21-8-6-17(25)15-20(21)24(30)28-11-9-27(10-12-28)23(29)19-7-5-18(26)16-22(19)32-14-4-2/h3-8,15-16H,1-2,9-14H2. The van der Waals surface area contributed by atoms with E-state index in [9.17, 15) is 9.59 Å². The van der Waals surface area contributed by atoms with Gasteiger partial charge in [0.2, 0.25) is 0 Å². The average molecular weight is 508 g/mol. The van der Waals surface area contributed by atoms with Crippen molar-refractivity contribution in [2.75, 3.05) is 37.7 Å². The SMILES string of the molecule is C=CCSc1cc(Cl)ccc1C(=O)N1CCN(C(=O)c2cc(Cl)ccc2SCC=C)CC1. The molecular formula is C24H24Cl2N2O2S2. The monoisotopic (exact) mass is 506 g/mol. The molecule has 1 heterocycles. The van der Waals surface area contributed by atoms with E-state index < -0.39 is 0 Å². The van der Waals surface area contributed by atoms with Gasteiger partial charge in [-0.05, 0) is 36.4 Å². The first kappa shape index (κ1) is 24.8. The van der Waals surface area contributed by atoms with E-state index in [1.807, 2.05) is 12.1 Å². The van der Waals surface area contributed by atoms with Crippen LogP contribution in [0.15, 0.2) is 71.5 Å². The quantitative estimate of drug-likeness (QED) is 0.318. The molecule has 0 radical (unpaired) electrons. The smallest absolute Gasteiger partial charge is 0.255 e. The second kappa shape index (κ2) is 11.8. The van der Waals surface area contributed by atoms with Crippen molar-refractivity contribution >= 4 is 58.5 Å². The zero-order valence-corrected chi connectivity index (χ0v) is 20.7. The molecule has 8 heteroatoms. The minimum Gasteiger partial charge on any atom is -0.335 e. The fraction of sp³-hybridized carbons (Fsp3) is 0.250. The third-order valence-electron chi connectivity index (χ3n) is 4.91. The number of carbonyl (C=O) groups excluding carboxylic acids is 2. The maximum Gasteiger partial charge on any atom is 0.255 e. The molecule has 1 saturated heterocycles. The van der Waals surface area contributed by atoms with Gasteiger partial charge in [0.1, 0.15) is 0 Å². The highest BCUT2D eigenvalue weighted by Gasteiger charge is 2.28. The van der Waals surface area contributed by atoms with Crippen LogP contribution >= 0.6 is 46.7 Å². The van der Waals surface area contributed by atoms with Gasteiger partial charge in [0.05, 0.1) is 11.1 Å². The summed E-state index contributed by atoms with van der Waals surface area (Å²) in [5.74, 6) is 1.27. The molecule has 0 spiro atoms. The van der Waals surface area contributed by atoms with Crippen LogP contribution in [0.4, 0.5) is 0 Å². The van der Waals surface area contributed by atoms with Gasteiger partial charge in [-0.3, -0.25) is 9.59 Å². The van der Waals surface area contributed by atoms with Crippen LogP contribution in [0.2, 0.25) is 10.0 Å². The van der Waals surface area contributed by atoms with Crippen LogP contribution in [0.5, 0.6) is 0 Å². The van der Waals surface area contributed by atoms with Gasteiger partial charge in [0.15, 0.2) is 0 Å². The van der Waals surface area contributed by atoms with Gasteiger partial charge in [-0.2, -0.15) is 0 Å². The summed E-state index contributed by atoms with van der Waals surface area (Å²) in [4.78, 5) is 31.6. The Bertz CT molecular complexity index is 1020. The fourth-order valence-electron chi connectivity index (χ4n) is 3.34. The number of amides is 2. The Morgan fingerprint density at radius 1 is 0.781 bits per heavy atom. The Labute approximate surface area is 207 Å². The molecular weight excluding hydrogens is 483 g/mol. The summed E-state index contributed by atoms with van der Waals surface area (Å²) >= 11 is 15.4. The molecule has 0 saturated carbocycles. The Morgan fingerprint density at radius 3 is 1.88 bits per heavy atom. The first-order chi connectivity index (χ1) is 15.4. The molecule has 0 aromatic heterocycles. The lowest BCUT2D eigenvalue weighted by molar-refractivity contribution is 0.0531. The maximum absolute atomic E-state index is 13.2. The number of hydrogen-bond acceptors (Lipinski definition) is 4. The van der Waals surface area contributed by atoms with Crippen molar-refractivity contribution in [3.05, 3.63) is 82.9 Å². The number of benzene rings is 2. The molecule has 0 atom stereocenters. The van der Waals surface area contributed by atoms with E-state index in [0.29, 0.717) is 58.9 Å². The van der Waals surface area contributed by atoms with Gasteiger partial charge in [0, 0.05) is 57.5 Å². The van der Waals surface area contributed by atoms with E-state index in [1.54, 1.807) is 58.0 Å². The minimum absolute atomic E-state index is 0.0506. The van der Waals surface area contributed by atoms with Crippen molar-refractivity contribution in [2.45, 2.75) is 9.79 Å². The molecule has 0 N–H and O–H groups in total. The van der Waals surface area contributed by atoms with Crippen LogP contribution in [0.25, 0.3) is 0 Å².